The van der Waals surface area contributed by atoms with Crippen LogP contribution in [0, 0.1) is 0 Å². The van der Waals surface area contributed by atoms with Crippen LogP contribution >= 0.6 is 0 Å². The van der Waals surface area contributed by atoms with Gasteiger partial charge in [-0.3, -0.25) is 0 Å². The Morgan fingerprint density at radius 3 is 2.74 bits per heavy atom. The number of hydrogen-bond acceptors (Lipinski definition) is 4. The zero-order chi connectivity index (χ0) is 13.3. The Labute approximate surface area is 113 Å². The second-order valence-electron chi connectivity index (χ2n) is 4.90. The standard InChI is InChI=1S/C13H18N2O3S/c16-19(17,15-7-2-1-3-8-15)11-4-5-13-12(10-11)14-6-9-18-13/h4-5,10,14H,1-3,6-9H2. The van der Waals surface area contributed by atoms with Gasteiger partial charge in [0.15, 0.2) is 0 Å². The number of anilines is 1. The summed E-state index contributed by atoms with van der Waals surface area (Å²) in [7, 11) is -3.36. The van der Waals surface area contributed by atoms with Gasteiger partial charge in [-0.15, -0.1) is 0 Å². The number of piperidine rings is 1. The van der Waals surface area contributed by atoms with Crippen molar-refractivity contribution in [3.63, 3.8) is 0 Å². The van der Waals surface area contributed by atoms with Crippen LogP contribution in [0.25, 0.3) is 0 Å². The van der Waals surface area contributed by atoms with E-state index in [1.54, 1.807) is 22.5 Å². The molecule has 1 N–H and O–H groups in total. The summed E-state index contributed by atoms with van der Waals surface area (Å²) in [4.78, 5) is 0.353. The maximum Gasteiger partial charge on any atom is 0.243 e. The molecule has 0 atom stereocenters. The van der Waals surface area contributed by atoms with E-state index >= 15 is 0 Å². The number of hydrogen-bond donors (Lipinski definition) is 1. The fourth-order valence-corrected chi connectivity index (χ4v) is 4.08. The molecular formula is C13H18N2O3S. The molecule has 104 valence electrons. The molecule has 0 spiro atoms. The third kappa shape index (κ3) is 2.42. The van der Waals surface area contributed by atoms with Crippen molar-refractivity contribution in [2.75, 3.05) is 31.6 Å². The van der Waals surface area contributed by atoms with Crippen LogP contribution in [0.5, 0.6) is 5.75 Å². The highest BCUT2D eigenvalue weighted by Crippen LogP contribution is 2.31. The minimum Gasteiger partial charge on any atom is -0.490 e. The minimum atomic E-state index is -3.36. The lowest BCUT2D eigenvalue weighted by Crippen LogP contribution is -2.35. The third-order valence-corrected chi connectivity index (χ3v) is 5.47. The Balaban J connectivity index is 1.92. The van der Waals surface area contributed by atoms with Crippen LogP contribution in [0.4, 0.5) is 5.69 Å². The van der Waals surface area contributed by atoms with Crippen molar-refractivity contribution < 1.29 is 13.2 Å². The molecule has 1 saturated heterocycles. The van der Waals surface area contributed by atoms with Gasteiger partial charge >= 0.3 is 0 Å². The lowest BCUT2D eigenvalue weighted by Gasteiger charge is -2.26. The van der Waals surface area contributed by atoms with Gasteiger partial charge in [-0.25, -0.2) is 8.42 Å². The molecule has 19 heavy (non-hydrogen) atoms. The molecule has 5 nitrogen and oxygen atoms in total. The Kier molecular flexibility index (Phi) is 3.36. The van der Waals surface area contributed by atoms with E-state index in [0.717, 1.165) is 30.7 Å². The van der Waals surface area contributed by atoms with Gasteiger partial charge in [0, 0.05) is 19.6 Å². The van der Waals surface area contributed by atoms with Crippen molar-refractivity contribution in [3.8, 4) is 5.75 Å². The SMILES string of the molecule is O=S(=O)(c1ccc2c(c1)NCCO2)N1CCCCC1. The lowest BCUT2D eigenvalue weighted by atomic mass is 10.2. The van der Waals surface area contributed by atoms with Crippen molar-refractivity contribution in [2.24, 2.45) is 0 Å². The molecule has 6 heteroatoms. The third-order valence-electron chi connectivity index (χ3n) is 3.58. The van der Waals surface area contributed by atoms with Crippen molar-refractivity contribution in [1.82, 2.24) is 4.31 Å². The fourth-order valence-electron chi connectivity index (χ4n) is 2.53. The summed E-state index contributed by atoms with van der Waals surface area (Å²) in [5.41, 5.74) is 0.768. The van der Waals surface area contributed by atoms with Crippen LogP contribution in [0.3, 0.4) is 0 Å². The fraction of sp³-hybridized carbons (Fsp3) is 0.538. The van der Waals surface area contributed by atoms with Crippen LogP contribution in [0.15, 0.2) is 23.1 Å². The highest BCUT2D eigenvalue weighted by molar-refractivity contribution is 7.89. The largest absolute Gasteiger partial charge is 0.490 e. The zero-order valence-corrected chi connectivity index (χ0v) is 11.6. The van der Waals surface area contributed by atoms with Crippen LogP contribution in [0.2, 0.25) is 0 Å². The Morgan fingerprint density at radius 1 is 1.16 bits per heavy atom. The van der Waals surface area contributed by atoms with Gasteiger partial charge in [0.1, 0.15) is 12.4 Å². The molecule has 2 heterocycles. The molecule has 1 aromatic carbocycles. The summed E-state index contributed by atoms with van der Waals surface area (Å²) in [6.45, 7) is 2.58. The molecule has 2 aliphatic heterocycles. The number of benzene rings is 1. The van der Waals surface area contributed by atoms with Gasteiger partial charge in [0.25, 0.3) is 0 Å². The quantitative estimate of drug-likeness (QED) is 0.896. The maximum absolute atomic E-state index is 12.5. The van der Waals surface area contributed by atoms with E-state index in [0.29, 0.717) is 31.1 Å². The summed E-state index contributed by atoms with van der Waals surface area (Å²) < 4.78 is 32.1. The van der Waals surface area contributed by atoms with Crippen LogP contribution in [0.1, 0.15) is 19.3 Å². The first kappa shape index (κ1) is 12.7. The van der Waals surface area contributed by atoms with E-state index in [1.165, 1.54) is 0 Å². The minimum absolute atomic E-state index is 0.353. The summed E-state index contributed by atoms with van der Waals surface area (Å²) in [6.07, 6.45) is 3.02. The monoisotopic (exact) mass is 282 g/mol. The van der Waals surface area contributed by atoms with Gasteiger partial charge in [-0.2, -0.15) is 4.31 Å². The molecule has 0 saturated carbocycles. The summed E-state index contributed by atoms with van der Waals surface area (Å²) >= 11 is 0. The highest BCUT2D eigenvalue weighted by atomic mass is 32.2. The van der Waals surface area contributed by atoms with E-state index in [1.807, 2.05) is 0 Å². The Hall–Kier alpha value is -1.27. The molecule has 0 aliphatic carbocycles. The molecule has 3 rings (SSSR count). The Morgan fingerprint density at radius 2 is 1.95 bits per heavy atom. The molecule has 1 aromatic rings. The second kappa shape index (κ2) is 5.02. The molecule has 0 amide bonds. The molecule has 2 aliphatic rings. The maximum atomic E-state index is 12.5. The first-order chi connectivity index (χ1) is 9.18. The normalized spacial score (nSPS) is 20.2. The average molecular weight is 282 g/mol. The van der Waals surface area contributed by atoms with Crippen molar-refractivity contribution >= 4 is 15.7 Å². The number of rotatable bonds is 2. The first-order valence-corrected chi connectivity index (χ1v) is 8.13. The van der Waals surface area contributed by atoms with Crippen LogP contribution < -0.4 is 10.1 Å². The predicted octanol–water partition coefficient (Wildman–Crippen LogP) is 1.67. The first-order valence-electron chi connectivity index (χ1n) is 6.69. The van der Waals surface area contributed by atoms with E-state index in [2.05, 4.69) is 5.32 Å². The number of fused-ring (bicyclic) bond motifs is 1. The molecule has 1 fully saturated rings. The van der Waals surface area contributed by atoms with E-state index in [4.69, 9.17) is 4.74 Å². The topological polar surface area (TPSA) is 58.6 Å². The zero-order valence-electron chi connectivity index (χ0n) is 10.8. The molecule has 0 aromatic heterocycles. The number of nitrogens with one attached hydrogen (secondary N) is 1. The summed E-state index contributed by atoms with van der Waals surface area (Å²) in [6, 6.07) is 5.05. The second-order valence-corrected chi connectivity index (χ2v) is 6.84. The van der Waals surface area contributed by atoms with Gasteiger partial charge in [-0.1, -0.05) is 6.42 Å². The molecular weight excluding hydrogens is 264 g/mol. The van der Waals surface area contributed by atoms with Gasteiger partial charge in [0.05, 0.1) is 10.6 Å². The number of ether oxygens (including phenoxy) is 1. The predicted molar refractivity (Wildman–Crippen MR) is 73.0 cm³/mol. The summed E-state index contributed by atoms with van der Waals surface area (Å²) in [5, 5.41) is 3.17. The Bertz CT molecular complexity index is 565. The highest BCUT2D eigenvalue weighted by Gasteiger charge is 2.27. The van der Waals surface area contributed by atoms with Crippen LogP contribution in [-0.4, -0.2) is 39.0 Å². The van der Waals surface area contributed by atoms with Crippen molar-refractivity contribution in [1.29, 1.82) is 0 Å². The molecule has 0 radical (unpaired) electrons. The van der Waals surface area contributed by atoms with E-state index < -0.39 is 10.0 Å². The van der Waals surface area contributed by atoms with E-state index in [-0.39, 0.29) is 0 Å². The van der Waals surface area contributed by atoms with Crippen molar-refractivity contribution in [3.05, 3.63) is 18.2 Å². The molecule has 0 bridgehead atoms. The molecule has 0 unspecified atom stereocenters. The van der Waals surface area contributed by atoms with Gasteiger partial charge < -0.3 is 10.1 Å². The number of nitrogens with zero attached hydrogens (tertiary/aromatic N) is 1. The number of sulfonamides is 1. The summed E-state index contributed by atoms with van der Waals surface area (Å²) in [5.74, 6) is 0.726. The lowest BCUT2D eigenvalue weighted by molar-refractivity contribution is 0.323. The van der Waals surface area contributed by atoms with E-state index in [9.17, 15) is 8.42 Å². The van der Waals surface area contributed by atoms with Gasteiger partial charge in [0.2, 0.25) is 10.0 Å². The smallest absolute Gasteiger partial charge is 0.243 e. The average Bonchev–Trinajstić information content (AvgIpc) is 2.47. The van der Waals surface area contributed by atoms with Gasteiger partial charge in [-0.05, 0) is 31.0 Å². The van der Waals surface area contributed by atoms with Crippen molar-refractivity contribution in [2.45, 2.75) is 24.2 Å². The van der Waals surface area contributed by atoms with Crippen LogP contribution in [-0.2, 0) is 10.0 Å².